The maximum atomic E-state index is 11.8. The Kier molecular flexibility index (Phi) is 101. The molecule has 0 spiro atoms. The van der Waals surface area contributed by atoms with E-state index in [1.54, 1.807) is 0 Å². The Bertz CT molecular complexity index is 2190. The van der Waals surface area contributed by atoms with E-state index >= 15 is 0 Å². The van der Waals surface area contributed by atoms with Crippen molar-refractivity contribution in [2.75, 3.05) is 304 Å². The number of carbonyl (C=O) groups excluding carboxylic acids is 10. The van der Waals surface area contributed by atoms with Gasteiger partial charge in [0.2, 0.25) is 35.4 Å². The number of unbranched alkanes of at least 4 members (excludes halogenated alkanes) is 4. The van der Waals surface area contributed by atoms with Crippen LogP contribution >= 0.6 is 0 Å². The van der Waals surface area contributed by atoms with Gasteiger partial charge in [-0.05, 0) is 91.9 Å². The molecule has 6 N–H and O–H groups in total. The fourth-order valence-corrected chi connectivity index (χ4v) is 7.79. The molecule has 0 atom stereocenters. The molecular weight excluding hydrogens is 1500 g/mol. The molecule has 0 bridgehead atoms. The van der Waals surface area contributed by atoms with E-state index in [2.05, 4.69) is 59.6 Å². The van der Waals surface area contributed by atoms with Crippen molar-refractivity contribution in [3.63, 3.8) is 0 Å². The molecule has 0 unspecified atom stereocenters. The number of Topliss-reactive ketones (excluding diaryl/α,β-unsaturated/α-hetero) is 4. The van der Waals surface area contributed by atoms with Crippen LogP contribution in [0.15, 0.2) is 0 Å². The Morgan fingerprint density at radius 3 is 0.447 bits per heavy atom. The standard InChI is InChI=1S/C30H57N3O12.C23H44N2O9.C16H31NO6.C9H18O3/c1-3-4-11-41-21-22-45-26-30(37)33-10-20-40-14-7-17-44-25-29(36)32-9-19-39-13-6-16-43-24-28(35)31-8-18-38-12-5-15-42-23-27(2)34;1-3-4-9-31-16-17-34-20-23(28)25-8-15-30-11-6-13-33-19-22(27)24-7-14-29-10-5-12-32-18-21(2)26;1-3-4-7-21-11-12-23-14-16(19)17-6-10-20-8-5-9-22-13-15(2)18;1-3-4-5-11-6-7-12-8-9(2)10/h3-26H2,1-2H3,(H,31,35)(H,32,36)(H,33,37);3-20H2,1-2H3,(H,24,27)(H,25,28);3-14H2,1-2H3,(H,17,19);3-8H2,1-2H3. The third-order valence-corrected chi connectivity index (χ3v) is 13.6. The molecule has 0 aliphatic carbocycles. The molecule has 0 aliphatic rings. The molecule has 0 fully saturated rings. The molecule has 0 saturated heterocycles. The molecule has 0 rings (SSSR count). The molecule has 0 radical (unpaired) electrons. The molecule has 6 amide bonds. The molecule has 0 aromatic rings. The van der Waals surface area contributed by atoms with Gasteiger partial charge in [-0.2, -0.15) is 0 Å². The van der Waals surface area contributed by atoms with Gasteiger partial charge in [0.25, 0.3) is 0 Å². The van der Waals surface area contributed by atoms with Gasteiger partial charge < -0.3 is 127 Å². The summed E-state index contributed by atoms with van der Waals surface area (Å²) in [5, 5.41) is 16.3. The molecule has 36 heteroatoms. The lowest BCUT2D eigenvalue weighted by molar-refractivity contribution is -0.127. The van der Waals surface area contributed by atoms with Crippen molar-refractivity contribution >= 4 is 58.6 Å². The maximum absolute atomic E-state index is 11.8. The average molecular weight is 1650 g/mol. The van der Waals surface area contributed by atoms with E-state index in [4.69, 9.17) is 94.7 Å². The number of nitrogens with one attached hydrogen (secondary N) is 6. The van der Waals surface area contributed by atoms with Gasteiger partial charge in [0.05, 0.1) is 92.5 Å². The highest BCUT2D eigenvalue weighted by Crippen LogP contribution is 1.96. The van der Waals surface area contributed by atoms with Crippen molar-refractivity contribution < 1.29 is 143 Å². The highest BCUT2D eigenvalue weighted by atomic mass is 16.6. The van der Waals surface area contributed by atoms with Crippen LogP contribution in [0.2, 0.25) is 0 Å². The van der Waals surface area contributed by atoms with Gasteiger partial charge in [-0.3, -0.25) is 47.9 Å². The minimum atomic E-state index is -0.226. The molecular formula is C78H150N6O30. The van der Waals surface area contributed by atoms with E-state index in [1.807, 2.05) is 0 Å². The zero-order valence-corrected chi connectivity index (χ0v) is 70.7. The first-order chi connectivity index (χ1) is 55.4. The SMILES string of the molecule is CCCCOCCOCC(=O)NCCOCCCOCC(=O)NCCOCCCOCC(=O)NCCOCCCOCC(C)=O.CCCCOCCOCC(=O)NCCOCCCOCC(=O)NCCOCCCOCC(C)=O.CCCCOCCOCC(=O)NCCOCCCOCC(C)=O.CCCCOCCOCC(C)=O. The van der Waals surface area contributed by atoms with E-state index in [-0.39, 0.29) is 125 Å². The number of rotatable bonds is 86. The van der Waals surface area contributed by atoms with Crippen LogP contribution in [-0.2, 0) is 143 Å². The summed E-state index contributed by atoms with van der Waals surface area (Å²) < 4.78 is 106. The summed E-state index contributed by atoms with van der Waals surface area (Å²) in [5.74, 6) is -1.12. The second kappa shape index (κ2) is 100. The van der Waals surface area contributed by atoms with Crippen molar-refractivity contribution in [1.29, 1.82) is 0 Å². The minimum Gasteiger partial charge on any atom is -0.380 e. The van der Waals surface area contributed by atoms with Crippen molar-refractivity contribution in [3.05, 3.63) is 0 Å². The van der Waals surface area contributed by atoms with Crippen LogP contribution in [0.5, 0.6) is 0 Å². The second-order valence-electron chi connectivity index (χ2n) is 25.1. The van der Waals surface area contributed by atoms with Crippen molar-refractivity contribution in [3.8, 4) is 0 Å². The Morgan fingerprint density at radius 2 is 0.281 bits per heavy atom. The zero-order chi connectivity index (χ0) is 84.6. The first-order valence-electron chi connectivity index (χ1n) is 40.6. The van der Waals surface area contributed by atoms with E-state index < -0.39 is 0 Å². The van der Waals surface area contributed by atoms with Gasteiger partial charge in [-0.25, -0.2) is 0 Å². The summed E-state index contributed by atoms with van der Waals surface area (Å²) >= 11 is 0. The van der Waals surface area contributed by atoms with Crippen LogP contribution in [0.25, 0.3) is 0 Å². The summed E-state index contributed by atoms with van der Waals surface area (Å²) in [5.41, 5.74) is 0. The van der Waals surface area contributed by atoms with Gasteiger partial charge in [-0.1, -0.05) is 53.4 Å². The number of hydrogen-bond donors (Lipinski definition) is 6. The third kappa shape index (κ3) is 113. The predicted molar refractivity (Wildman–Crippen MR) is 424 cm³/mol. The highest BCUT2D eigenvalue weighted by molar-refractivity contribution is 5.80. The quantitative estimate of drug-likeness (QED) is 0.0477. The fourth-order valence-electron chi connectivity index (χ4n) is 7.79. The molecule has 0 aromatic heterocycles. The summed E-state index contributed by atoms with van der Waals surface area (Å²) in [7, 11) is 0. The van der Waals surface area contributed by atoms with E-state index in [9.17, 15) is 47.9 Å². The topological polar surface area (TPSA) is 427 Å². The normalized spacial score (nSPS) is 10.8. The number of ether oxygens (including phenoxy) is 20. The zero-order valence-electron chi connectivity index (χ0n) is 70.7. The van der Waals surface area contributed by atoms with Gasteiger partial charge in [0, 0.05) is 145 Å². The Morgan fingerprint density at radius 1 is 0.158 bits per heavy atom. The molecule has 114 heavy (non-hydrogen) atoms. The van der Waals surface area contributed by atoms with Gasteiger partial charge in [0.15, 0.2) is 23.1 Å². The summed E-state index contributed by atoms with van der Waals surface area (Å²) in [6.45, 7) is 32.1. The van der Waals surface area contributed by atoms with Gasteiger partial charge in [-0.15, -0.1) is 0 Å². The fraction of sp³-hybridized carbons (Fsp3) is 0.872. The van der Waals surface area contributed by atoms with E-state index in [0.717, 1.165) is 77.6 Å². The van der Waals surface area contributed by atoms with E-state index in [0.29, 0.717) is 250 Å². The third-order valence-electron chi connectivity index (χ3n) is 13.6. The van der Waals surface area contributed by atoms with Crippen LogP contribution < -0.4 is 31.9 Å². The van der Waals surface area contributed by atoms with E-state index in [1.165, 1.54) is 27.7 Å². The predicted octanol–water partition coefficient (Wildman–Crippen LogP) is 2.87. The Hall–Kier alpha value is -5.30. The molecule has 0 aromatic carbocycles. The largest absolute Gasteiger partial charge is 0.380 e. The molecule has 0 aliphatic heterocycles. The molecule has 672 valence electrons. The first-order valence-corrected chi connectivity index (χ1v) is 40.6. The van der Waals surface area contributed by atoms with Crippen molar-refractivity contribution in [1.82, 2.24) is 31.9 Å². The lowest BCUT2D eigenvalue weighted by Gasteiger charge is -2.09. The second-order valence-corrected chi connectivity index (χ2v) is 25.1. The van der Waals surface area contributed by atoms with Crippen molar-refractivity contribution in [2.45, 2.75) is 145 Å². The molecule has 0 heterocycles. The molecule has 0 saturated carbocycles. The summed E-state index contributed by atoms with van der Waals surface area (Å²) in [6, 6.07) is 0. The average Bonchev–Trinajstić information content (AvgIpc) is 1.23. The van der Waals surface area contributed by atoms with Crippen LogP contribution in [0.1, 0.15) is 145 Å². The molecule has 36 nitrogen and oxygen atoms in total. The number of hydrogen-bond acceptors (Lipinski definition) is 30. The van der Waals surface area contributed by atoms with Gasteiger partial charge >= 0.3 is 0 Å². The lowest BCUT2D eigenvalue weighted by atomic mass is 10.4. The number of ketones is 4. The summed E-state index contributed by atoms with van der Waals surface area (Å²) in [4.78, 5) is 112. The summed E-state index contributed by atoms with van der Waals surface area (Å²) in [6.07, 6.45) is 12.6. The minimum absolute atomic E-state index is 0.000625. The van der Waals surface area contributed by atoms with Crippen LogP contribution in [0, 0.1) is 0 Å². The Balaban J connectivity index is -0.000000770. The smallest absolute Gasteiger partial charge is 0.246 e. The monoisotopic (exact) mass is 1650 g/mol. The highest BCUT2D eigenvalue weighted by Gasteiger charge is 2.08. The van der Waals surface area contributed by atoms with Crippen molar-refractivity contribution in [2.24, 2.45) is 0 Å². The van der Waals surface area contributed by atoms with Crippen LogP contribution in [-0.4, -0.2) is 362 Å². The lowest BCUT2D eigenvalue weighted by Crippen LogP contribution is -2.31. The maximum Gasteiger partial charge on any atom is 0.246 e. The van der Waals surface area contributed by atoms with Gasteiger partial charge in [0.1, 0.15) is 66.1 Å². The first kappa shape index (κ1) is 115. The van der Waals surface area contributed by atoms with Crippen LogP contribution in [0.3, 0.4) is 0 Å². The number of carbonyl (C=O) groups is 10. The Labute approximate surface area is 679 Å². The number of amides is 6. The van der Waals surface area contributed by atoms with Crippen LogP contribution in [0.4, 0.5) is 0 Å².